The lowest BCUT2D eigenvalue weighted by Gasteiger charge is -2.20. The van der Waals surface area contributed by atoms with E-state index >= 15 is 0 Å². The molecule has 0 saturated heterocycles. The molecule has 0 aliphatic carbocycles. The lowest BCUT2D eigenvalue weighted by molar-refractivity contribution is 0.273. The Morgan fingerprint density at radius 2 is 1.57 bits per heavy atom. The molecule has 2 aromatic carbocycles. The van der Waals surface area contributed by atoms with Gasteiger partial charge in [-0.1, -0.05) is 63.2 Å². The van der Waals surface area contributed by atoms with E-state index < -0.39 is 0 Å². The smallest absolute Gasteiger partial charge is 0.119 e. The minimum atomic E-state index is 0.177. The molecule has 0 radical (unpaired) electrons. The molecule has 0 saturated carbocycles. The molecule has 0 aromatic heterocycles. The van der Waals surface area contributed by atoms with Gasteiger partial charge in [-0.3, -0.25) is 0 Å². The number of hydrogen-bond donors (Lipinski definition) is 1. The van der Waals surface area contributed by atoms with E-state index in [0.29, 0.717) is 6.61 Å². The highest BCUT2D eigenvalue weighted by atomic mass is 16.5. The Balaban J connectivity index is 1.99. The van der Waals surface area contributed by atoms with Gasteiger partial charge in [0.25, 0.3) is 0 Å². The van der Waals surface area contributed by atoms with Crippen LogP contribution in [0.15, 0.2) is 54.6 Å². The van der Waals surface area contributed by atoms with Gasteiger partial charge in [0.1, 0.15) is 12.4 Å². The highest BCUT2D eigenvalue weighted by Crippen LogP contribution is 2.24. The van der Waals surface area contributed by atoms with Crippen molar-refractivity contribution >= 4 is 0 Å². The largest absolute Gasteiger partial charge is 0.492 e. The lowest BCUT2D eigenvalue weighted by Crippen LogP contribution is -2.23. The first-order valence-corrected chi connectivity index (χ1v) is 7.46. The van der Waals surface area contributed by atoms with Crippen molar-refractivity contribution in [1.82, 2.24) is 5.32 Å². The third-order valence-corrected chi connectivity index (χ3v) is 3.69. The number of hydrogen-bond acceptors (Lipinski definition) is 2. The molecule has 0 heterocycles. The maximum Gasteiger partial charge on any atom is 0.119 e. The second kappa shape index (κ2) is 6.77. The summed E-state index contributed by atoms with van der Waals surface area (Å²) in [7, 11) is 1.96. The normalized spacial score (nSPS) is 13.0. The zero-order valence-electron chi connectivity index (χ0n) is 13.4. The van der Waals surface area contributed by atoms with E-state index in [4.69, 9.17) is 4.74 Å². The fraction of sp³-hybridized carbons (Fsp3) is 0.368. The summed E-state index contributed by atoms with van der Waals surface area (Å²) >= 11 is 0. The Morgan fingerprint density at radius 1 is 0.952 bits per heavy atom. The van der Waals surface area contributed by atoms with Crippen molar-refractivity contribution in [3.63, 3.8) is 0 Å². The van der Waals surface area contributed by atoms with Crippen LogP contribution in [0.4, 0.5) is 0 Å². The first-order valence-electron chi connectivity index (χ1n) is 7.46. The van der Waals surface area contributed by atoms with Gasteiger partial charge in [-0.15, -0.1) is 0 Å². The molecule has 2 aromatic rings. The van der Waals surface area contributed by atoms with E-state index in [1.165, 1.54) is 11.1 Å². The molecule has 2 rings (SSSR count). The zero-order chi connectivity index (χ0) is 15.3. The van der Waals surface area contributed by atoms with E-state index in [-0.39, 0.29) is 11.5 Å². The highest BCUT2D eigenvalue weighted by Gasteiger charge is 2.13. The molecule has 0 aliphatic rings. The van der Waals surface area contributed by atoms with Gasteiger partial charge in [0.05, 0.1) is 6.04 Å². The van der Waals surface area contributed by atoms with Crippen LogP contribution in [-0.2, 0) is 5.41 Å². The molecular formula is C19H25NO. The van der Waals surface area contributed by atoms with Gasteiger partial charge in [0.15, 0.2) is 0 Å². The third kappa shape index (κ3) is 4.33. The van der Waals surface area contributed by atoms with Gasteiger partial charge < -0.3 is 10.1 Å². The summed E-state index contributed by atoms with van der Waals surface area (Å²) in [6.45, 7) is 7.27. The van der Waals surface area contributed by atoms with Crippen LogP contribution in [0, 0.1) is 0 Å². The van der Waals surface area contributed by atoms with Crippen LogP contribution < -0.4 is 10.1 Å². The molecule has 0 fully saturated rings. The molecule has 0 aliphatic heterocycles. The van der Waals surface area contributed by atoms with E-state index in [1.807, 2.05) is 13.1 Å². The van der Waals surface area contributed by atoms with E-state index in [1.54, 1.807) is 0 Å². The highest BCUT2D eigenvalue weighted by molar-refractivity contribution is 5.31. The Hall–Kier alpha value is -1.80. The summed E-state index contributed by atoms with van der Waals surface area (Å²) in [5.41, 5.74) is 2.74. The summed E-state index contributed by atoms with van der Waals surface area (Å²) in [6.07, 6.45) is 0. The molecule has 21 heavy (non-hydrogen) atoms. The monoisotopic (exact) mass is 283 g/mol. The van der Waals surface area contributed by atoms with Gasteiger partial charge >= 0.3 is 0 Å². The minimum Gasteiger partial charge on any atom is -0.492 e. The lowest BCUT2D eigenvalue weighted by atomic mass is 9.87. The Labute approximate surface area is 128 Å². The Morgan fingerprint density at radius 3 is 2.10 bits per heavy atom. The first-order chi connectivity index (χ1) is 10.0. The second-order valence-corrected chi connectivity index (χ2v) is 6.34. The summed E-state index contributed by atoms with van der Waals surface area (Å²) < 4.78 is 5.92. The molecule has 0 spiro atoms. The maximum absolute atomic E-state index is 5.92. The minimum absolute atomic E-state index is 0.177. The summed E-state index contributed by atoms with van der Waals surface area (Å²) in [5.74, 6) is 0.916. The van der Waals surface area contributed by atoms with Gasteiger partial charge in [0, 0.05) is 0 Å². The Kier molecular flexibility index (Phi) is 5.03. The summed E-state index contributed by atoms with van der Waals surface area (Å²) in [4.78, 5) is 0. The van der Waals surface area contributed by atoms with Crippen LogP contribution in [0.1, 0.15) is 37.9 Å². The predicted molar refractivity (Wildman–Crippen MR) is 88.9 cm³/mol. The average molecular weight is 283 g/mol. The molecule has 1 atom stereocenters. The van der Waals surface area contributed by atoms with Crippen molar-refractivity contribution < 1.29 is 4.74 Å². The SMILES string of the molecule is CNC(COc1ccc(C(C)(C)C)cc1)c1ccccc1. The number of ether oxygens (including phenoxy) is 1. The van der Waals surface area contributed by atoms with E-state index in [0.717, 1.165) is 5.75 Å². The summed E-state index contributed by atoms with van der Waals surface area (Å²) in [6, 6.07) is 19.0. The zero-order valence-corrected chi connectivity index (χ0v) is 13.4. The van der Waals surface area contributed by atoms with Gasteiger partial charge in [-0.05, 0) is 35.7 Å². The van der Waals surface area contributed by atoms with Crippen molar-refractivity contribution in [2.45, 2.75) is 32.2 Å². The van der Waals surface area contributed by atoms with Crippen LogP contribution in [0.3, 0.4) is 0 Å². The standard InChI is InChI=1S/C19H25NO/c1-19(2,3)16-10-12-17(13-11-16)21-14-18(20-4)15-8-6-5-7-9-15/h5-13,18,20H,14H2,1-4H3. The molecule has 2 heteroatoms. The maximum atomic E-state index is 5.92. The molecule has 112 valence electrons. The van der Waals surface area contributed by atoms with E-state index in [2.05, 4.69) is 74.6 Å². The number of likely N-dealkylation sites (N-methyl/N-ethyl adjacent to an activating group) is 1. The van der Waals surface area contributed by atoms with Gasteiger partial charge in [-0.25, -0.2) is 0 Å². The predicted octanol–water partition coefficient (Wildman–Crippen LogP) is 4.32. The van der Waals surface area contributed by atoms with Crippen molar-refractivity contribution in [1.29, 1.82) is 0 Å². The second-order valence-electron chi connectivity index (χ2n) is 6.34. The first kappa shape index (κ1) is 15.6. The fourth-order valence-corrected chi connectivity index (χ4v) is 2.26. The van der Waals surface area contributed by atoms with Gasteiger partial charge in [-0.2, -0.15) is 0 Å². The van der Waals surface area contributed by atoms with Crippen LogP contribution >= 0.6 is 0 Å². The molecule has 0 amide bonds. The van der Waals surface area contributed by atoms with E-state index in [9.17, 15) is 0 Å². The number of nitrogens with one attached hydrogen (secondary N) is 1. The van der Waals surface area contributed by atoms with Crippen molar-refractivity contribution in [3.05, 3.63) is 65.7 Å². The fourth-order valence-electron chi connectivity index (χ4n) is 2.26. The molecule has 2 nitrogen and oxygen atoms in total. The quantitative estimate of drug-likeness (QED) is 0.882. The molecule has 1 N–H and O–H groups in total. The van der Waals surface area contributed by atoms with Crippen LogP contribution in [0.5, 0.6) is 5.75 Å². The summed E-state index contributed by atoms with van der Waals surface area (Å²) in [5, 5.41) is 3.30. The molecular weight excluding hydrogens is 258 g/mol. The number of rotatable bonds is 5. The topological polar surface area (TPSA) is 21.3 Å². The van der Waals surface area contributed by atoms with Crippen LogP contribution in [0.25, 0.3) is 0 Å². The van der Waals surface area contributed by atoms with Crippen molar-refractivity contribution in [2.75, 3.05) is 13.7 Å². The Bertz CT molecular complexity index is 540. The van der Waals surface area contributed by atoms with Crippen molar-refractivity contribution in [3.8, 4) is 5.75 Å². The third-order valence-electron chi connectivity index (χ3n) is 3.69. The number of benzene rings is 2. The average Bonchev–Trinajstić information content (AvgIpc) is 2.48. The molecule has 1 unspecified atom stereocenters. The van der Waals surface area contributed by atoms with Crippen LogP contribution in [0.2, 0.25) is 0 Å². The van der Waals surface area contributed by atoms with Gasteiger partial charge in [0.2, 0.25) is 0 Å². The molecule has 0 bridgehead atoms. The van der Waals surface area contributed by atoms with Crippen molar-refractivity contribution in [2.24, 2.45) is 0 Å². The van der Waals surface area contributed by atoms with Crippen LogP contribution in [-0.4, -0.2) is 13.7 Å².